The van der Waals surface area contributed by atoms with E-state index in [1.54, 1.807) is 0 Å². The van der Waals surface area contributed by atoms with Crippen molar-refractivity contribution in [3.63, 3.8) is 0 Å². The molecule has 0 spiro atoms. The van der Waals surface area contributed by atoms with Crippen LogP contribution in [-0.4, -0.2) is 24.8 Å². The van der Waals surface area contributed by atoms with Crippen molar-refractivity contribution >= 4 is 5.69 Å². The van der Waals surface area contributed by atoms with Crippen LogP contribution < -0.4 is 4.90 Å². The highest BCUT2D eigenvalue weighted by Crippen LogP contribution is 2.32. The van der Waals surface area contributed by atoms with Gasteiger partial charge in [-0.2, -0.15) is 0 Å². The van der Waals surface area contributed by atoms with E-state index in [-0.39, 0.29) is 12.0 Å². The standard InChI is InChI=1S/C15H21NO/c1-15(2,3)13-6-7-14-12(11-13)5-4-8-16(14)9-10-17/h6-7,11,17H,4,8-10H2,1-3H3. The monoisotopic (exact) mass is 231 g/mol. The summed E-state index contributed by atoms with van der Waals surface area (Å²) in [4.78, 5) is 2.23. The van der Waals surface area contributed by atoms with Crippen molar-refractivity contribution in [2.45, 2.75) is 32.6 Å². The Hall–Kier alpha value is -1.02. The van der Waals surface area contributed by atoms with Crippen molar-refractivity contribution in [3.8, 4) is 0 Å². The van der Waals surface area contributed by atoms with Crippen LogP contribution in [0.2, 0.25) is 0 Å². The van der Waals surface area contributed by atoms with Crippen molar-refractivity contribution in [2.24, 2.45) is 0 Å². The zero-order valence-corrected chi connectivity index (χ0v) is 11.0. The predicted octanol–water partition coefficient (Wildman–Crippen LogP) is 2.62. The van der Waals surface area contributed by atoms with E-state index in [2.05, 4.69) is 50.3 Å². The van der Waals surface area contributed by atoms with Gasteiger partial charge in [-0.3, -0.25) is 0 Å². The minimum absolute atomic E-state index is 0.177. The van der Waals surface area contributed by atoms with Gasteiger partial charge in [0, 0.05) is 25.2 Å². The molecular weight excluding hydrogens is 210 g/mol. The molecule has 1 aliphatic heterocycles. The van der Waals surface area contributed by atoms with Gasteiger partial charge in [-0.15, -0.1) is 0 Å². The summed E-state index contributed by atoms with van der Waals surface area (Å²) in [5.41, 5.74) is 3.92. The fourth-order valence-electron chi connectivity index (χ4n) is 2.22. The fraction of sp³-hybridized carbons (Fsp3) is 0.533. The highest BCUT2D eigenvalue weighted by molar-refractivity contribution is 5.60. The van der Waals surface area contributed by atoms with Gasteiger partial charge in [0.25, 0.3) is 0 Å². The third kappa shape index (κ3) is 2.63. The maximum Gasteiger partial charge on any atom is 0.0606 e. The van der Waals surface area contributed by atoms with Gasteiger partial charge in [0.05, 0.1) is 6.61 Å². The van der Waals surface area contributed by atoms with Crippen LogP contribution in [-0.2, 0) is 5.41 Å². The van der Waals surface area contributed by atoms with Gasteiger partial charge in [0.15, 0.2) is 0 Å². The van der Waals surface area contributed by atoms with Crippen molar-refractivity contribution in [3.05, 3.63) is 35.7 Å². The summed E-state index contributed by atoms with van der Waals surface area (Å²) in [7, 11) is 0. The van der Waals surface area contributed by atoms with Crippen LogP contribution in [0.1, 0.15) is 38.3 Å². The molecule has 1 aromatic rings. The topological polar surface area (TPSA) is 23.5 Å². The maximum absolute atomic E-state index is 9.07. The molecule has 2 nitrogen and oxygen atoms in total. The lowest BCUT2D eigenvalue weighted by molar-refractivity contribution is 0.301. The van der Waals surface area contributed by atoms with Crippen LogP contribution in [0.25, 0.3) is 0 Å². The van der Waals surface area contributed by atoms with Crippen molar-refractivity contribution < 1.29 is 5.11 Å². The predicted molar refractivity (Wildman–Crippen MR) is 71.4 cm³/mol. The summed E-state index contributed by atoms with van der Waals surface area (Å²) in [5.74, 6) is 0. The molecule has 0 bridgehead atoms. The van der Waals surface area contributed by atoms with E-state index < -0.39 is 0 Å². The molecule has 0 amide bonds. The molecule has 1 N–H and O–H groups in total. The molecule has 2 rings (SSSR count). The minimum Gasteiger partial charge on any atom is -0.395 e. The Kier molecular flexibility index (Phi) is 3.43. The molecule has 0 saturated carbocycles. The highest BCUT2D eigenvalue weighted by Gasteiger charge is 2.20. The number of anilines is 1. The number of fused-ring (bicyclic) bond motifs is 1. The van der Waals surface area contributed by atoms with E-state index in [9.17, 15) is 0 Å². The molecule has 0 unspecified atom stereocenters. The number of benzene rings is 1. The van der Waals surface area contributed by atoms with Gasteiger partial charge in [0.2, 0.25) is 0 Å². The summed E-state index contributed by atoms with van der Waals surface area (Å²) in [6, 6.07) is 6.59. The van der Waals surface area contributed by atoms with Crippen LogP contribution in [0.5, 0.6) is 0 Å². The minimum atomic E-state index is 0.177. The van der Waals surface area contributed by atoms with E-state index in [0.717, 1.165) is 13.0 Å². The second-order valence-corrected chi connectivity index (χ2v) is 5.62. The number of nitrogens with zero attached hydrogens (tertiary/aromatic N) is 1. The quantitative estimate of drug-likeness (QED) is 0.845. The molecule has 92 valence electrons. The average molecular weight is 231 g/mol. The van der Waals surface area contributed by atoms with Crippen molar-refractivity contribution in [1.29, 1.82) is 0 Å². The van der Waals surface area contributed by atoms with Gasteiger partial charge in [-0.25, -0.2) is 0 Å². The molecule has 17 heavy (non-hydrogen) atoms. The summed E-state index contributed by atoms with van der Waals surface area (Å²) >= 11 is 0. The first-order chi connectivity index (χ1) is 8.02. The van der Waals surface area contributed by atoms with Crippen LogP contribution in [0, 0.1) is 6.42 Å². The molecule has 0 saturated heterocycles. The maximum atomic E-state index is 9.07. The summed E-state index contributed by atoms with van der Waals surface area (Å²) in [6.07, 6.45) is 4.39. The summed E-state index contributed by atoms with van der Waals surface area (Å²) < 4.78 is 0. The summed E-state index contributed by atoms with van der Waals surface area (Å²) in [6.45, 7) is 8.56. The molecule has 0 aromatic heterocycles. The van der Waals surface area contributed by atoms with Crippen LogP contribution >= 0.6 is 0 Å². The van der Waals surface area contributed by atoms with E-state index in [1.165, 1.54) is 16.8 Å². The molecule has 0 aliphatic carbocycles. The largest absolute Gasteiger partial charge is 0.395 e. The zero-order chi connectivity index (χ0) is 12.5. The second kappa shape index (κ2) is 4.69. The Morgan fingerprint density at radius 2 is 2.12 bits per heavy atom. The number of hydrogen-bond acceptors (Lipinski definition) is 2. The Bertz CT molecular complexity index is 392. The van der Waals surface area contributed by atoms with Crippen molar-refractivity contribution in [1.82, 2.24) is 0 Å². The zero-order valence-electron chi connectivity index (χ0n) is 11.0. The molecule has 2 radical (unpaired) electrons. The molecule has 0 fully saturated rings. The molecule has 1 aromatic carbocycles. The Morgan fingerprint density at radius 3 is 2.76 bits per heavy atom. The lowest BCUT2D eigenvalue weighted by atomic mass is 9.84. The number of hydrogen-bond donors (Lipinski definition) is 1. The Balaban J connectivity index is 2.33. The average Bonchev–Trinajstić information content (AvgIpc) is 2.28. The fourth-order valence-corrected chi connectivity index (χ4v) is 2.22. The molecule has 2 heteroatoms. The number of aliphatic hydroxyl groups is 1. The first kappa shape index (κ1) is 12.4. The van der Waals surface area contributed by atoms with E-state index >= 15 is 0 Å². The first-order valence-electron chi connectivity index (χ1n) is 6.26. The van der Waals surface area contributed by atoms with Gasteiger partial charge in [0.1, 0.15) is 0 Å². The lowest BCUT2D eigenvalue weighted by Crippen LogP contribution is -2.31. The molecule has 1 aliphatic rings. The lowest BCUT2D eigenvalue weighted by Gasteiger charge is -2.32. The number of β-amino-alcohol motifs (C(OH)–C–C–N with tert-alkyl or cyclic N) is 1. The van der Waals surface area contributed by atoms with E-state index in [4.69, 9.17) is 5.11 Å². The molecule has 0 atom stereocenters. The highest BCUT2D eigenvalue weighted by atomic mass is 16.3. The van der Waals surface area contributed by atoms with Gasteiger partial charge < -0.3 is 10.0 Å². The van der Waals surface area contributed by atoms with Crippen LogP contribution in [0.15, 0.2) is 18.2 Å². The number of rotatable bonds is 2. The molecule has 1 heterocycles. The normalized spacial score (nSPS) is 15.9. The van der Waals surface area contributed by atoms with Crippen molar-refractivity contribution in [2.75, 3.05) is 24.6 Å². The van der Waals surface area contributed by atoms with Crippen LogP contribution in [0.3, 0.4) is 0 Å². The Labute approximate surface area is 104 Å². The van der Waals surface area contributed by atoms with Gasteiger partial charge in [-0.1, -0.05) is 32.9 Å². The third-order valence-corrected chi connectivity index (χ3v) is 3.27. The molecular formula is C15H21NO. The van der Waals surface area contributed by atoms with Gasteiger partial charge in [-0.05, 0) is 29.0 Å². The first-order valence-corrected chi connectivity index (χ1v) is 6.26. The third-order valence-electron chi connectivity index (χ3n) is 3.27. The number of aliphatic hydroxyl groups excluding tert-OH is 1. The van der Waals surface area contributed by atoms with Gasteiger partial charge >= 0.3 is 0 Å². The SMILES string of the molecule is CC(C)(C)c1ccc2c(c1)[C]CCN2CCO. The smallest absolute Gasteiger partial charge is 0.0606 e. The second-order valence-electron chi connectivity index (χ2n) is 5.62. The van der Waals surface area contributed by atoms with E-state index in [0.29, 0.717) is 6.54 Å². The van der Waals surface area contributed by atoms with E-state index in [1.807, 2.05) is 0 Å². The van der Waals surface area contributed by atoms with Crippen LogP contribution in [0.4, 0.5) is 5.69 Å². The summed E-state index contributed by atoms with van der Waals surface area (Å²) in [5, 5.41) is 9.07. The Morgan fingerprint density at radius 1 is 1.35 bits per heavy atom.